The first kappa shape index (κ1) is 14.5. The zero-order valence-electron chi connectivity index (χ0n) is 12.1. The van der Waals surface area contributed by atoms with E-state index in [1.54, 1.807) is 24.3 Å². The van der Waals surface area contributed by atoms with Crippen molar-refractivity contribution in [1.29, 1.82) is 0 Å². The molecule has 3 fully saturated rings. The number of hydrogen-bond acceptors (Lipinski definition) is 5. The molecule has 3 aliphatic rings. The molecule has 3 N–H and O–H groups in total. The number of esters is 1. The summed E-state index contributed by atoms with van der Waals surface area (Å²) in [7, 11) is 0. The van der Waals surface area contributed by atoms with Crippen molar-refractivity contribution < 1.29 is 14.6 Å². The molecule has 1 aromatic rings. The molecule has 1 unspecified atom stereocenters. The topological polar surface area (TPSA) is 75.8 Å². The van der Waals surface area contributed by atoms with E-state index < -0.39 is 11.6 Å². The maximum Gasteiger partial charge on any atom is 0.344 e. The van der Waals surface area contributed by atoms with E-state index in [2.05, 4.69) is 4.90 Å². The third-order valence-electron chi connectivity index (χ3n) is 4.74. The number of fused-ring (bicyclic) bond motifs is 3. The Morgan fingerprint density at radius 3 is 2.52 bits per heavy atom. The van der Waals surface area contributed by atoms with Gasteiger partial charge in [-0.1, -0.05) is 30.3 Å². The Hall–Kier alpha value is -1.43. The zero-order valence-corrected chi connectivity index (χ0v) is 12.1. The van der Waals surface area contributed by atoms with E-state index in [9.17, 15) is 9.90 Å². The molecular weight excluding hydrogens is 268 g/mol. The van der Waals surface area contributed by atoms with Crippen LogP contribution in [0.3, 0.4) is 0 Å². The Balaban J connectivity index is 1.74. The average Bonchev–Trinajstić information content (AvgIpc) is 2.56. The number of benzene rings is 1. The van der Waals surface area contributed by atoms with Crippen LogP contribution in [0, 0.1) is 5.92 Å². The second-order valence-electron chi connectivity index (χ2n) is 6.01. The fraction of sp³-hybridized carbons (Fsp3) is 0.562. The number of rotatable bonds is 4. The third-order valence-corrected chi connectivity index (χ3v) is 4.74. The average molecular weight is 290 g/mol. The van der Waals surface area contributed by atoms with Crippen molar-refractivity contribution in [1.82, 2.24) is 4.90 Å². The Morgan fingerprint density at radius 1 is 1.33 bits per heavy atom. The standard InChI is InChI=1S/C16H22N2O3/c17-11-16(20,13-4-2-1-3-5-13)15(19)21-14-10-18-8-6-12(14)7-9-18/h1-5,12,14,20H,6-11,17H2/t14-,16?/m0/s1. The summed E-state index contributed by atoms with van der Waals surface area (Å²) in [6, 6.07) is 8.78. The van der Waals surface area contributed by atoms with E-state index in [-0.39, 0.29) is 12.6 Å². The van der Waals surface area contributed by atoms with Gasteiger partial charge in [0.15, 0.2) is 5.60 Å². The van der Waals surface area contributed by atoms with Crippen molar-refractivity contribution in [3.8, 4) is 0 Å². The van der Waals surface area contributed by atoms with Crippen LogP contribution in [0.15, 0.2) is 30.3 Å². The number of hydrogen-bond donors (Lipinski definition) is 2. The molecule has 2 atom stereocenters. The highest BCUT2D eigenvalue weighted by molar-refractivity contribution is 5.81. The van der Waals surface area contributed by atoms with E-state index in [0.717, 1.165) is 32.5 Å². The van der Waals surface area contributed by atoms with Gasteiger partial charge in [-0.3, -0.25) is 4.90 Å². The summed E-state index contributed by atoms with van der Waals surface area (Å²) in [4.78, 5) is 14.8. The lowest BCUT2D eigenvalue weighted by molar-refractivity contribution is -0.180. The highest BCUT2D eigenvalue weighted by atomic mass is 16.6. The minimum atomic E-state index is -1.76. The summed E-state index contributed by atoms with van der Waals surface area (Å²) in [5.74, 6) is -0.216. The number of aliphatic hydroxyl groups is 1. The Morgan fingerprint density at radius 2 is 2.00 bits per heavy atom. The predicted molar refractivity (Wildman–Crippen MR) is 78.4 cm³/mol. The molecule has 114 valence electrons. The first-order chi connectivity index (χ1) is 10.1. The van der Waals surface area contributed by atoms with Crippen LogP contribution in [0.5, 0.6) is 0 Å². The molecule has 3 aliphatic heterocycles. The van der Waals surface area contributed by atoms with Crippen LogP contribution in [-0.2, 0) is 15.1 Å². The van der Waals surface area contributed by atoms with Gasteiger partial charge < -0.3 is 15.6 Å². The summed E-state index contributed by atoms with van der Waals surface area (Å²) in [5.41, 5.74) is 4.39. The third kappa shape index (κ3) is 2.69. The number of nitrogens with zero attached hydrogens (tertiary/aromatic N) is 1. The molecule has 0 amide bonds. The van der Waals surface area contributed by atoms with Crippen molar-refractivity contribution in [2.45, 2.75) is 24.5 Å². The van der Waals surface area contributed by atoms with Crippen molar-refractivity contribution in [2.75, 3.05) is 26.2 Å². The number of ether oxygens (including phenoxy) is 1. The van der Waals surface area contributed by atoms with Crippen LogP contribution in [0.1, 0.15) is 18.4 Å². The van der Waals surface area contributed by atoms with Crippen molar-refractivity contribution in [3.63, 3.8) is 0 Å². The number of nitrogens with two attached hydrogens (primary N) is 1. The first-order valence-corrected chi connectivity index (χ1v) is 7.55. The molecule has 0 aliphatic carbocycles. The zero-order chi connectivity index (χ0) is 14.9. The van der Waals surface area contributed by atoms with E-state index >= 15 is 0 Å². The highest BCUT2D eigenvalue weighted by Crippen LogP contribution is 2.31. The van der Waals surface area contributed by atoms with Gasteiger partial charge in [-0.15, -0.1) is 0 Å². The summed E-state index contributed by atoms with van der Waals surface area (Å²) < 4.78 is 5.63. The van der Waals surface area contributed by atoms with Gasteiger partial charge in [0, 0.05) is 13.1 Å². The van der Waals surface area contributed by atoms with Gasteiger partial charge in [-0.05, 0) is 37.4 Å². The summed E-state index contributed by atoms with van der Waals surface area (Å²) >= 11 is 0. The first-order valence-electron chi connectivity index (χ1n) is 7.55. The molecule has 0 spiro atoms. The van der Waals surface area contributed by atoms with Crippen LogP contribution in [-0.4, -0.2) is 48.3 Å². The second kappa shape index (κ2) is 5.75. The summed E-state index contributed by atoms with van der Waals surface area (Å²) in [6.45, 7) is 2.75. The molecule has 21 heavy (non-hydrogen) atoms. The van der Waals surface area contributed by atoms with E-state index in [1.807, 2.05) is 6.07 Å². The van der Waals surface area contributed by atoms with Crippen LogP contribution in [0.25, 0.3) is 0 Å². The number of carbonyl (C=O) groups excluding carboxylic acids is 1. The van der Waals surface area contributed by atoms with Crippen molar-refractivity contribution in [3.05, 3.63) is 35.9 Å². The molecule has 0 saturated carbocycles. The van der Waals surface area contributed by atoms with Gasteiger partial charge in [0.2, 0.25) is 0 Å². The largest absolute Gasteiger partial charge is 0.458 e. The smallest absolute Gasteiger partial charge is 0.344 e. The minimum Gasteiger partial charge on any atom is -0.458 e. The minimum absolute atomic E-state index is 0.123. The molecule has 4 rings (SSSR count). The van der Waals surface area contributed by atoms with Gasteiger partial charge in [-0.25, -0.2) is 4.79 Å². The van der Waals surface area contributed by atoms with E-state index in [1.165, 1.54) is 0 Å². The fourth-order valence-corrected chi connectivity index (χ4v) is 3.31. The fourth-order valence-electron chi connectivity index (χ4n) is 3.31. The molecule has 0 radical (unpaired) electrons. The molecule has 3 heterocycles. The van der Waals surface area contributed by atoms with Gasteiger partial charge in [0.25, 0.3) is 0 Å². The van der Waals surface area contributed by atoms with Crippen molar-refractivity contribution in [2.24, 2.45) is 11.7 Å². The monoisotopic (exact) mass is 290 g/mol. The number of piperidine rings is 3. The molecule has 1 aromatic carbocycles. The number of carbonyl (C=O) groups is 1. The van der Waals surface area contributed by atoms with Crippen LogP contribution < -0.4 is 5.73 Å². The maximum atomic E-state index is 12.5. The lowest BCUT2D eigenvalue weighted by Gasteiger charge is -2.44. The lowest BCUT2D eigenvalue weighted by Crippen LogP contribution is -2.54. The molecule has 3 saturated heterocycles. The van der Waals surface area contributed by atoms with Gasteiger partial charge in [0.1, 0.15) is 6.10 Å². The molecule has 5 heteroatoms. The molecule has 5 nitrogen and oxygen atoms in total. The Labute approximate surface area is 124 Å². The van der Waals surface area contributed by atoms with Crippen molar-refractivity contribution >= 4 is 5.97 Å². The normalized spacial score (nSPS) is 30.7. The SMILES string of the molecule is NCC(O)(C(=O)O[C@H]1CN2CCC1CC2)c1ccccc1. The molecule has 0 aromatic heterocycles. The van der Waals surface area contributed by atoms with E-state index in [4.69, 9.17) is 10.5 Å². The van der Waals surface area contributed by atoms with E-state index in [0.29, 0.717) is 11.5 Å². The Kier molecular flexibility index (Phi) is 3.97. The Bertz CT molecular complexity index is 500. The second-order valence-corrected chi connectivity index (χ2v) is 6.01. The summed E-state index contributed by atoms with van der Waals surface area (Å²) in [5, 5.41) is 10.6. The van der Waals surface area contributed by atoms with Crippen LogP contribution in [0.2, 0.25) is 0 Å². The van der Waals surface area contributed by atoms with Crippen LogP contribution >= 0.6 is 0 Å². The highest BCUT2D eigenvalue weighted by Gasteiger charge is 2.43. The van der Waals surface area contributed by atoms with Gasteiger partial charge in [-0.2, -0.15) is 0 Å². The molecule has 2 bridgehead atoms. The lowest BCUT2D eigenvalue weighted by atomic mass is 9.85. The van der Waals surface area contributed by atoms with Crippen LogP contribution in [0.4, 0.5) is 0 Å². The van der Waals surface area contributed by atoms with Gasteiger partial charge >= 0.3 is 5.97 Å². The quantitative estimate of drug-likeness (QED) is 0.788. The predicted octanol–water partition coefficient (Wildman–Crippen LogP) is 0.470. The van der Waals surface area contributed by atoms with Gasteiger partial charge in [0.05, 0.1) is 0 Å². The summed E-state index contributed by atoms with van der Waals surface area (Å²) in [6.07, 6.45) is 2.00. The maximum absolute atomic E-state index is 12.5. The molecular formula is C16H22N2O3.